The first-order valence-electron chi connectivity index (χ1n) is 6.17. The minimum atomic E-state index is -3.67. The highest BCUT2D eigenvalue weighted by Gasteiger charge is 2.19. The van der Waals surface area contributed by atoms with Gasteiger partial charge in [-0.15, -0.1) is 0 Å². The summed E-state index contributed by atoms with van der Waals surface area (Å²) in [5.41, 5.74) is 2.52. The molecule has 0 bridgehead atoms. The van der Waals surface area contributed by atoms with Gasteiger partial charge < -0.3 is 5.32 Å². The molecule has 0 amide bonds. The molecule has 2 rings (SSSR count). The number of aryl methyl sites for hydroxylation is 1. The van der Waals surface area contributed by atoms with Crippen molar-refractivity contribution in [2.24, 2.45) is 0 Å². The van der Waals surface area contributed by atoms with E-state index in [-0.39, 0.29) is 4.90 Å². The van der Waals surface area contributed by atoms with Crippen molar-refractivity contribution in [3.63, 3.8) is 0 Å². The Labute approximate surface area is 119 Å². The lowest BCUT2D eigenvalue weighted by molar-refractivity contribution is 0.601. The highest BCUT2D eigenvalue weighted by Crippen LogP contribution is 2.24. The summed E-state index contributed by atoms with van der Waals surface area (Å²) >= 11 is 0. The van der Waals surface area contributed by atoms with Gasteiger partial charge in [0.2, 0.25) is 0 Å². The number of nitrogens with one attached hydrogen (secondary N) is 2. The Balaban J connectivity index is 2.44. The molecule has 0 radical (unpaired) electrons. The van der Waals surface area contributed by atoms with Crippen molar-refractivity contribution >= 4 is 21.5 Å². The van der Waals surface area contributed by atoms with Gasteiger partial charge in [-0.3, -0.25) is 4.72 Å². The molecule has 2 N–H and O–H groups in total. The monoisotopic (exact) mass is 291 g/mol. The summed E-state index contributed by atoms with van der Waals surface area (Å²) in [7, 11) is -2.03. The molecule has 20 heavy (non-hydrogen) atoms. The summed E-state index contributed by atoms with van der Waals surface area (Å²) in [6.45, 7) is 3.83. The molecule has 0 saturated heterocycles. The lowest BCUT2D eigenvalue weighted by atomic mass is 10.1. The van der Waals surface area contributed by atoms with Gasteiger partial charge in [0.1, 0.15) is 10.7 Å². The first-order chi connectivity index (χ1) is 9.45. The van der Waals surface area contributed by atoms with Gasteiger partial charge in [-0.1, -0.05) is 12.1 Å². The summed E-state index contributed by atoms with van der Waals surface area (Å²) in [4.78, 5) is 4.14. The zero-order chi connectivity index (χ0) is 14.8. The van der Waals surface area contributed by atoms with Gasteiger partial charge in [0.25, 0.3) is 10.0 Å². The fourth-order valence-corrected chi connectivity index (χ4v) is 3.14. The Hall–Kier alpha value is -2.08. The fourth-order valence-electron chi connectivity index (χ4n) is 1.86. The normalized spacial score (nSPS) is 11.2. The van der Waals surface area contributed by atoms with Gasteiger partial charge in [-0.05, 0) is 43.2 Å². The molecular weight excluding hydrogens is 274 g/mol. The zero-order valence-corrected chi connectivity index (χ0v) is 12.5. The number of aromatic nitrogens is 1. The number of nitrogens with zero attached hydrogens (tertiary/aromatic N) is 1. The number of benzene rings is 1. The maximum absolute atomic E-state index is 12.5. The summed E-state index contributed by atoms with van der Waals surface area (Å²) < 4.78 is 27.5. The van der Waals surface area contributed by atoms with Crippen LogP contribution >= 0.6 is 0 Å². The molecule has 0 aliphatic rings. The molecular formula is C14H17N3O2S. The van der Waals surface area contributed by atoms with Crippen molar-refractivity contribution in [3.05, 3.63) is 47.7 Å². The van der Waals surface area contributed by atoms with Gasteiger partial charge in [0.05, 0.1) is 5.69 Å². The molecule has 0 atom stereocenters. The molecule has 1 heterocycles. The number of hydrogen-bond donors (Lipinski definition) is 2. The average molecular weight is 291 g/mol. The molecule has 0 aliphatic heterocycles. The Morgan fingerprint density at radius 2 is 1.85 bits per heavy atom. The Bertz CT molecular complexity index is 727. The minimum Gasteiger partial charge on any atom is -0.372 e. The van der Waals surface area contributed by atoms with E-state index in [1.165, 1.54) is 6.07 Å². The molecule has 106 valence electrons. The van der Waals surface area contributed by atoms with Crippen molar-refractivity contribution in [3.8, 4) is 0 Å². The van der Waals surface area contributed by atoms with Crippen LogP contribution in [-0.4, -0.2) is 20.4 Å². The van der Waals surface area contributed by atoms with E-state index in [1.807, 2.05) is 26.0 Å². The number of rotatable bonds is 4. The van der Waals surface area contributed by atoms with Crippen LogP contribution in [0.15, 0.2) is 41.4 Å². The second-order valence-corrected chi connectivity index (χ2v) is 6.10. The third-order valence-corrected chi connectivity index (χ3v) is 4.54. The average Bonchev–Trinajstić information content (AvgIpc) is 2.43. The standard InChI is InChI=1S/C14H17N3O2S/c1-10-6-4-7-12(11(10)2)17-20(18,19)13-8-5-9-16-14(13)15-3/h4-9,17H,1-3H3,(H,15,16). The van der Waals surface area contributed by atoms with E-state index in [4.69, 9.17) is 0 Å². The van der Waals surface area contributed by atoms with E-state index in [0.29, 0.717) is 11.5 Å². The summed E-state index contributed by atoms with van der Waals surface area (Å²) in [5.74, 6) is 0.324. The van der Waals surface area contributed by atoms with E-state index in [2.05, 4.69) is 15.0 Å². The van der Waals surface area contributed by atoms with Crippen LogP contribution < -0.4 is 10.0 Å². The largest absolute Gasteiger partial charge is 0.372 e. The molecule has 0 fully saturated rings. The highest BCUT2D eigenvalue weighted by atomic mass is 32.2. The smallest absolute Gasteiger partial charge is 0.265 e. The van der Waals surface area contributed by atoms with E-state index >= 15 is 0 Å². The predicted octanol–water partition coefficient (Wildman–Crippen LogP) is 2.54. The quantitative estimate of drug-likeness (QED) is 0.908. The Morgan fingerprint density at radius 1 is 1.10 bits per heavy atom. The van der Waals surface area contributed by atoms with Crippen molar-refractivity contribution < 1.29 is 8.42 Å². The molecule has 2 aromatic rings. The molecule has 0 saturated carbocycles. The summed E-state index contributed by atoms with van der Waals surface area (Å²) in [6, 6.07) is 8.62. The van der Waals surface area contributed by atoms with Gasteiger partial charge >= 0.3 is 0 Å². The van der Waals surface area contributed by atoms with Crippen LogP contribution in [0.5, 0.6) is 0 Å². The molecule has 0 spiro atoms. The molecule has 0 unspecified atom stereocenters. The van der Waals surface area contributed by atoms with Crippen molar-refractivity contribution in [2.75, 3.05) is 17.1 Å². The molecule has 0 aliphatic carbocycles. The minimum absolute atomic E-state index is 0.128. The third kappa shape index (κ3) is 2.75. The first kappa shape index (κ1) is 14.3. The van der Waals surface area contributed by atoms with E-state index in [0.717, 1.165) is 11.1 Å². The second kappa shape index (κ2) is 5.50. The molecule has 6 heteroatoms. The fraction of sp³-hybridized carbons (Fsp3) is 0.214. The number of anilines is 2. The maximum atomic E-state index is 12.5. The third-order valence-electron chi connectivity index (χ3n) is 3.15. The first-order valence-corrected chi connectivity index (χ1v) is 7.66. The lowest BCUT2D eigenvalue weighted by Gasteiger charge is -2.13. The lowest BCUT2D eigenvalue weighted by Crippen LogP contribution is -2.16. The van der Waals surface area contributed by atoms with Crippen molar-refractivity contribution in [2.45, 2.75) is 18.7 Å². The van der Waals surface area contributed by atoms with E-state index in [9.17, 15) is 8.42 Å². The van der Waals surface area contributed by atoms with Crippen LogP contribution in [0.2, 0.25) is 0 Å². The summed E-state index contributed by atoms with van der Waals surface area (Å²) in [6.07, 6.45) is 1.54. The Morgan fingerprint density at radius 3 is 2.55 bits per heavy atom. The van der Waals surface area contributed by atoms with Crippen LogP contribution in [0, 0.1) is 13.8 Å². The SMILES string of the molecule is CNc1ncccc1S(=O)(=O)Nc1cccc(C)c1C. The van der Waals surface area contributed by atoms with Gasteiger partial charge in [-0.25, -0.2) is 13.4 Å². The van der Waals surface area contributed by atoms with Gasteiger partial charge in [-0.2, -0.15) is 0 Å². The predicted molar refractivity (Wildman–Crippen MR) is 80.5 cm³/mol. The van der Waals surface area contributed by atoms with Crippen LogP contribution in [0.3, 0.4) is 0 Å². The number of sulfonamides is 1. The highest BCUT2D eigenvalue weighted by molar-refractivity contribution is 7.92. The van der Waals surface area contributed by atoms with Gasteiger partial charge in [0.15, 0.2) is 0 Å². The topological polar surface area (TPSA) is 71.1 Å². The molecule has 1 aromatic heterocycles. The maximum Gasteiger partial charge on any atom is 0.265 e. The van der Waals surface area contributed by atoms with E-state index < -0.39 is 10.0 Å². The Kier molecular flexibility index (Phi) is 3.94. The van der Waals surface area contributed by atoms with Crippen LogP contribution in [0.4, 0.5) is 11.5 Å². The van der Waals surface area contributed by atoms with E-state index in [1.54, 1.807) is 25.4 Å². The van der Waals surface area contributed by atoms with Crippen molar-refractivity contribution in [1.82, 2.24) is 4.98 Å². The van der Waals surface area contributed by atoms with Crippen LogP contribution in [-0.2, 0) is 10.0 Å². The van der Waals surface area contributed by atoms with Crippen LogP contribution in [0.25, 0.3) is 0 Å². The second-order valence-electron chi connectivity index (χ2n) is 4.45. The number of hydrogen-bond acceptors (Lipinski definition) is 4. The van der Waals surface area contributed by atoms with Crippen molar-refractivity contribution in [1.29, 1.82) is 0 Å². The summed E-state index contributed by atoms with van der Waals surface area (Å²) in [5, 5.41) is 2.78. The van der Waals surface area contributed by atoms with Crippen LogP contribution in [0.1, 0.15) is 11.1 Å². The molecule has 5 nitrogen and oxygen atoms in total. The zero-order valence-electron chi connectivity index (χ0n) is 11.6. The van der Waals surface area contributed by atoms with Gasteiger partial charge in [0, 0.05) is 13.2 Å². The molecule has 1 aromatic carbocycles. The number of pyridine rings is 1.